The fourth-order valence-corrected chi connectivity index (χ4v) is 8.63. The number of carboxylic acid groups (broad SMARTS) is 1. The molecule has 0 aromatic carbocycles. The first kappa shape index (κ1) is 21.6. The number of rotatable bonds is 3. The van der Waals surface area contributed by atoms with Gasteiger partial charge in [-0.1, -0.05) is 26.3 Å². The van der Waals surface area contributed by atoms with Crippen LogP contribution in [0.1, 0.15) is 89.0 Å². The normalized spacial score (nSPS) is 43.9. The van der Waals surface area contributed by atoms with Crippen molar-refractivity contribution in [1.29, 1.82) is 0 Å². The first-order chi connectivity index (χ1) is 15.1. The van der Waals surface area contributed by atoms with Crippen molar-refractivity contribution in [2.24, 2.45) is 38.6 Å². The SMILES string of the molecule is C[C@@]12CC[C@@H]3[C@@](CC[C@H]4[C@@]3(C)CCC[C@@]4(C)C(=O)O)(C/C1=N\NC(=O)c1ccccn1)C2. The molecule has 6 atom stereocenters. The molecule has 0 aliphatic heterocycles. The molecule has 0 radical (unpaired) electrons. The van der Waals surface area contributed by atoms with Crippen LogP contribution in [0.25, 0.3) is 0 Å². The molecule has 6 heteroatoms. The fourth-order valence-electron chi connectivity index (χ4n) is 8.63. The second-order valence-corrected chi connectivity index (χ2v) is 11.8. The van der Waals surface area contributed by atoms with Crippen molar-refractivity contribution in [3.63, 3.8) is 0 Å². The van der Waals surface area contributed by atoms with Gasteiger partial charge < -0.3 is 5.11 Å². The van der Waals surface area contributed by atoms with Crippen LogP contribution in [-0.2, 0) is 4.79 Å². The van der Waals surface area contributed by atoms with E-state index in [0.717, 1.165) is 63.5 Å². The number of amides is 1. The molecule has 4 fully saturated rings. The summed E-state index contributed by atoms with van der Waals surface area (Å²) in [7, 11) is 0. The Bertz CT molecular complexity index is 978. The van der Waals surface area contributed by atoms with Crippen LogP contribution < -0.4 is 5.43 Å². The maximum atomic E-state index is 12.5. The van der Waals surface area contributed by atoms with E-state index in [9.17, 15) is 14.7 Å². The number of nitrogens with one attached hydrogen (secondary N) is 1. The third-order valence-electron chi connectivity index (χ3n) is 10.1. The van der Waals surface area contributed by atoms with Crippen molar-refractivity contribution in [3.8, 4) is 0 Å². The summed E-state index contributed by atoms with van der Waals surface area (Å²) < 4.78 is 0. The maximum Gasteiger partial charge on any atom is 0.309 e. The fraction of sp³-hybridized carbons (Fsp3) is 0.692. The van der Waals surface area contributed by atoms with E-state index < -0.39 is 11.4 Å². The van der Waals surface area contributed by atoms with Gasteiger partial charge in [-0.05, 0) is 93.1 Å². The molecule has 1 heterocycles. The summed E-state index contributed by atoms with van der Waals surface area (Å²) in [5.41, 5.74) is 3.92. The Hall–Kier alpha value is -2.24. The topological polar surface area (TPSA) is 91.6 Å². The zero-order chi connectivity index (χ0) is 22.8. The van der Waals surface area contributed by atoms with Gasteiger partial charge in [0.1, 0.15) is 5.69 Å². The lowest BCUT2D eigenvalue weighted by atomic mass is 9.40. The molecule has 1 aromatic heterocycles. The van der Waals surface area contributed by atoms with Crippen molar-refractivity contribution in [3.05, 3.63) is 30.1 Å². The Morgan fingerprint density at radius 2 is 1.88 bits per heavy atom. The summed E-state index contributed by atoms with van der Waals surface area (Å²) >= 11 is 0. The summed E-state index contributed by atoms with van der Waals surface area (Å²) in [5, 5.41) is 14.8. The largest absolute Gasteiger partial charge is 0.481 e. The molecular weight excluding hydrogens is 402 g/mol. The van der Waals surface area contributed by atoms with Crippen molar-refractivity contribution in [2.45, 2.75) is 78.6 Å². The predicted molar refractivity (Wildman–Crippen MR) is 122 cm³/mol. The van der Waals surface area contributed by atoms with Crippen LogP contribution in [0, 0.1) is 33.5 Å². The average Bonchev–Trinajstić information content (AvgIpc) is 2.96. The van der Waals surface area contributed by atoms with Crippen molar-refractivity contribution < 1.29 is 14.7 Å². The molecule has 0 saturated heterocycles. The Morgan fingerprint density at radius 1 is 1.09 bits per heavy atom. The third kappa shape index (κ3) is 2.97. The van der Waals surface area contributed by atoms with Crippen LogP contribution in [0.2, 0.25) is 0 Å². The van der Waals surface area contributed by atoms with Gasteiger partial charge in [0.25, 0.3) is 5.91 Å². The molecule has 1 spiro atoms. The van der Waals surface area contributed by atoms with Gasteiger partial charge in [-0.25, -0.2) is 5.43 Å². The van der Waals surface area contributed by atoms with Crippen LogP contribution in [0.15, 0.2) is 29.5 Å². The van der Waals surface area contributed by atoms with E-state index in [-0.39, 0.29) is 28.1 Å². The van der Waals surface area contributed by atoms with Gasteiger partial charge in [-0.3, -0.25) is 14.6 Å². The Morgan fingerprint density at radius 3 is 2.59 bits per heavy atom. The number of aromatic nitrogens is 1. The molecule has 2 N–H and O–H groups in total. The number of carbonyl (C=O) groups is 2. The lowest BCUT2D eigenvalue weighted by Gasteiger charge is -2.63. The second kappa shape index (κ2) is 7.13. The number of carbonyl (C=O) groups excluding carboxylic acids is 1. The second-order valence-electron chi connectivity index (χ2n) is 11.8. The minimum atomic E-state index is -0.615. The van der Waals surface area contributed by atoms with Crippen LogP contribution in [0.3, 0.4) is 0 Å². The van der Waals surface area contributed by atoms with Gasteiger partial charge in [-0.2, -0.15) is 5.10 Å². The number of hydrazone groups is 1. The molecule has 5 rings (SSSR count). The zero-order valence-corrected chi connectivity index (χ0v) is 19.5. The van der Waals surface area contributed by atoms with Crippen LogP contribution in [0.5, 0.6) is 0 Å². The zero-order valence-electron chi connectivity index (χ0n) is 19.5. The number of hydrogen-bond donors (Lipinski definition) is 2. The highest BCUT2D eigenvalue weighted by Gasteiger charge is 2.67. The Balaban J connectivity index is 1.42. The number of carboxylic acids is 1. The smallest absolute Gasteiger partial charge is 0.309 e. The minimum absolute atomic E-state index is 0.0157. The van der Waals surface area contributed by atoms with Gasteiger partial charge in [-0.15, -0.1) is 0 Å². The molecule has 4 aliphatic carbocycles. The maximum absolute atomic E-state index is 12.5. The molecule has 4 aliphatic rings. The summed E-state index contributed by atoms with van der Waals surface area (Å²) in [6, 6.07) is 5.29. The van der Waals surface area contributed by atoms with Gasteiger partial charge in [0.15, 0.2) is 0 Å². The highest BCUT2D eigenvalue weighted by molar-refractivity contribution is 5.96. The first-order valence-electron chi connectivity index (χ1n) is 12.1. The number of nitrogens with zero attached hydrogens (tertiary/aromatic N) is 2. The quantitative estimate of drug-likeness (QED) is 0.647. The van der Waals surface area contributed by atoms with Crippen molar-refractivity contribution in [1.82, 2.24) is 10.4 Å². The van der Waals surface area contributed by atoms with E-state index in [4.69, 9.17) is 0 Å². The molecule has 0 unspecified atom stereocenters. The summed E-state index contributed by atoms with van der Waals surface area (Å²) in [4.78, 5) is 28.9. The summed E-state index contributed by atoms with van der Waals surface area (Å²) in [5.74, 6) is -0.112. The van der Waals surface area contributed by atoms with Crippen LogP contribution in [0.4, 0.5) is 0 Å². The lowest BCUT2D eigenvalue weighted by Crippen LogP contribution is -2.58. The summed E-state index contributed by atoms with van der Waals surface area (Å²) in [6.45, 7) is 6.70. The molecule has 1 amide bonds. The van der Waals surface area contributed by atoms with Gasteiger partial charge in [0.05, 0.1) is 5.41 Å². The number of pyridine rings is 1. The minimum Gasteiger partial charge on any atom is -0.481 e. The van der Waals surface area contributed by atoms with Crippen molar-refractivity contribution >= 4 is 17.6 Å². The standard InChI is InChI=1S/C26H35N3O3/c1-23-12-8-19-24(2)10-6-11-25(3,22(31)32)18(24)9-13-26(19,16-23)15-20(23)28-29-21(30)17-7-4-5-14-27-17/h4-5,7,14,18-19H,6,8-13,15-16H2,1-3H3,(H,29,30)(H,31,32)/b28-20+/t18-,19-,23-,24+,25+,26-/m0/s1. The van der Waals surface area contributed by atoms with E-state index in [2.05, 4.69) is 29.4 Å². The monoisotopic (exact) mass is 437 g/mol. The molecule has 4 saturated carbocycles. The highest BCUT2D eigenvalue weighted by atomic mass is 16.4. The molecule has 6 nitrogen and oxygen atoms in total. The summed E-state index contributed by atoms with van der Waals surface area (Å²) in [6.07, 6.45) is 10.8. The van der Waals surface area contributed by atoms with Crippen LogP contribution in [-0.4, -0.2) is 27.7 Å². The first-order valence-corrected chi connectivity index (χ1v) is 12.1. The van der Waals surface area contributed by atoms with Crippen molar-refractivity contribution in [2.75, 3.05) is 0 Å². The molecular formula is C26H35N3O3. The van der Waals surface area contributed by atoms with E-state index in [1.807, 2.05) is 6.92 Å². The average molecular weight is 438 g/mol. The van der Waals surface area contributed by atoms with E-state index in [0.29, 0.717) is 11.6 Å². The third-order valence-corrected chi connectivity index (χ3v) is 10.1. The Labute approximate surface area is 190 Å². The molecule has 1 aromatic rings. The van der Waals surface area contributed by atoms with Gasteiger partial charge >= 0.3 is 5.97 Å². The predicted octanol–water partition coefficient (Wildman–Crippen LogP) is 5.06. The number of hydrogen-bond acceptors (Lipinski definition) is 4. The Kier molecular flexibility index (Phi) is 4.81. The van der Waals surface area contributed by atoms with Gasteiger partial charge in [0.2, 0.25) is 0 Å². The molecule has 32 heavy (non-hydrogen) atoms. The van der Waals surface area contributed by atoms with E-state index in [1.54, 1.807) is 24.4 Å². The van der Waals surface area contributed by atoms with E-state index >= 15 is 0 Å². The number of fused-ring (bicyclic) bond motifs is 3. The lowest BCUT2D eigenvalue weighted by molar-refractivity contribution is -0.182. The van der Waals surface area contributed by atoms with Gasteiger partial charge in [0, 0.05) is 17.3 Å². The van der Waals surface area contributed by atoms with E-state index in [1.165, 1.54) is 0 Å². The molecule has 2 bridgehead atoms. The van der Waals surface area contributed by atoms with Crippen LogP contribution >= 0.6 is 0 Å². The molecule has 172 valence electrons. The highest BCUT2D eigenvalue weighted by Crippen LogP contribution is 2.73. The number of aliphatic carboxylic acids is 1.